The third-order valence-electron chi connectivity index (χ3n) is 3.34. The fourth-order valence-electron chi connectivity index (χ4n) is 2.18. The number of hydrogen-bond donors (Lipinski definition) is 1. The first-order chi connectivity index (χ1) is 8.49. The van der Waals surface area contributed by atoms with Gasteiger partial charge in [0.2, 0.25) is 0 Å². The molecular formula is C12H17FN2O2S. The second-order valence-electron chi connectivity index (χ2n) is 4.70. The molecule has 2 atom stereocenters. The first-order valence-corrected chi connectivity index (χ1v) is 7.76. The summed E-state index contributed by atoms with van der Waals surface area (Å²) in [4.78, 5) is 3.78. The molecule has 1 aliphatic rings. The van der Waals surface area contributed by atoms with Gasteiger partial charge >= 0.3 is 0 Å². The lowest BCUT2D eigenvalue weighted by atomic mass is 10.1. The van der Waals surface area contributed by atoms with Crippen molar-refractivity contribution in [3.05, 3.63) is 29.8 Å². The smallest absolute Gasteiger partial charge is 0.154 e. The number of sulfone groups is 1. The molecule has 1 aliphatic heterocycles. The van der Waals surface area contributed by atoms with Crippen LogP contribution in [0.4, 0.5) is 4.39 Å². The van der Waals surface area contributed by atoms with E-state index in [9.17, 15) is 12.8 Å². The zero-order valence-electron chi connectivity index (χ0n) is 10.3. The van der Waals surface area contributed by atoms with Gasteiger partial charge in [-0.1, -0.05) is 0 Å². The molecule has 4 nitrogen and oxygen atoms in total. The third kappa shape index (κ3) is 3.05. The summed E-state index contributed by atoms with van der Waals surface area (Å²) in [6.45, 7) is 2.29. The monoisotopic (exact) mass is 272 g/mol. The van der Waals surface area contributed by atoms with E-state index < -0.39 is 9.84 Å². The zero-order valence-corrected chi connectivity index (χ0v) is 11.1. The van der Waals surface area contributed by atoms with Gasteiger partial charge < -0.3 is 5.32 Å². The SMILES string of the molecule is CC(NCC1CCCS1(=O)=O)c1cncc(F)c1. The Kier molecular flexibility index (Phi) is 3.97. The highest BCUT2D eigenvalue weighted by molar-refractivity contribution is 7.92. The number of pyridine rings is 1. The summed E-state index contributed by atoms with van der Waals surface area (Å²) in [5, 5.41) is 2.83. The van der Waals surface area contributed by atoms with Crippen molar-refractivity contribution in [2.24, 2.45) is 0 Å². The maximum atomic E-state index is 13.0. The van der Waals surface area contributed by atoms with Crippen molar-refractivity contribution >= 4 is 9.84 Å². The van der Waals surface area contributed by atoms with Gasteiger partial charge in [-0.05, 0) is 31.4 Å². The average molecular weight is 272 g/mol. The molecule has 2 rings (SSSR count). The highest BCUT2D eigenvalue weighted by atomic mass is 32.2. The minimum atomic E-state index is -2.93. The first kappa shape index (κ1) is 13.4. The standard InChI is InChI=1S/C12H17FN2O2S/c1-9(10-5-11(13)7-14-6-10)15-8-12-3-2-4-18(12,16)17/h5-7,9,12,15H,2-4,8H2,1H3. The van der Waals surface area contributed by atoms with Crippen LogP contribution in [-0.2, 0) is 9.84 Å². The van der Waals surface area contributed by atoms with Crippen LogP contribution in [0.2, 0.25) is 0 Å². The van der Waals surface area contributed by atoms with Gasteiger partial charge in [-0.3, -0.25) is 4.98 Å². The summed E-state index contributed by atoms with van der Waals surface area (Å²) in [6, 6.07) is 1.30. The lowest BCUT2D eigenvalue weighted by Gasteiger charge is -2.17. The van der Waals surface area contributed by atoms with E-state index in [4.69, 9.17) is 0 Å². The minimum Gasteiger partial charge on any atom is -0.309 e. The van der Waals surface area contributed by atoms with Gasteiger partial charge in [0.25, 0.3) is 0 Å². The van der Waals surface area contributed by atoms with Crippen LogP contribution in [0.25, 0.3) is 0 Å². The molecule has 0 radical (unpaired) electrons. The number of nitrogens with zero attached hydrogens (tertiary/aromatic N) is 1. The number of aromatic nitrogens is 1. The Morgan fingerprint density at radius 2 is 2.33 bits per heavy atom. The van der Waals surface area contributed by atoms with E-state index in [0.29, 0.717) is 13.0 Å². The Labute approximate surface area is 107 Å². The van der Waals surface area contributed by atoms with Crippen molar-refractivity contribution in [2.45, 2.75) is 31.1 Å². The van der Waals surface area contributed by atoms with Gasteiger partial charge in [-0.2, -0.15) is 0 Å². The van der Waals surface area contributed by atoms with Crippen molar-refractivity contribution in [3.63, 3.8) is 0 Å². The maximum absolute atomic E-state index is 13.0. The lowest BCUT2D eigenvalue weighted by Crippen LogP contribution is -2.32. The topological polar surface area (TPSA) is 59.1 Å². The molecule has 1 saturated heterocycles. The van der Waals surface area contributed by atoms with Gasteiger partial charge in [0.1, 0.15) is 5.82 Å². The van der Waals surface area contributed by atoms with Crippen LogP contribution in [-0.4, -0.2) is 30.9 Å². The fraction of sp³-hybridized carbons (Fsp3) is 0.583. The molecule has 2 unspecified atom stereocenters. The van der Waals surface area contributed by atoms with Crippen molar-refractivity contribution in [3.8, 4) is 0 Å². The van der Waals surface area contributed by atoms with Gasteiger partial charge in [-0.15, -0.1) is 0 Å². The van der Waals surface area contributed by atoms with E-state index in [2.05, 4.69) is 10.3 Å². The van der Waals surface area contributed by atoms with Crippen LogP contribution < -0.4 is 5.32 Å². The van der Waals surface area contributed by atoms with Crippen molar-refractivity contribution in [2.75, 3.05) is 12.3 Å². The molecule has 0 spiro atoms. The highest BCUT2D eigenvalue weighted by Gasteiger charge is 2.31. The van der Waals surface area contributed by atoms with Gasteiger partial charge in [0.15, 0.2) is 9.84 Å². The molecule has 1 N–H and O–H groups in total. The molecule has 1 fully saturated rings. The van der Waals surface area contributed by atoms with Crippen molar-refractivity contribution in [1.29, 1.82) is 0 Å². The zero-order chi connectivity index (χ0) is 13.2. The molecule has 1 aromatic heterocycles. The van der Waals surface area contributed by atoms with E-state index in [1.54, 1.807) is 6.20 Å². The molecule has 18 heavy (non-hydrogen) atoms. The van der Waals surface area contributed by atoms with Gasteiger partial charge in [0, 0.05) is 18.8 Å². The van der Waals surface area contributed by atoms with Gasteiger partial charge in [-0.25, -0.2) is 12.8 Å². The quantitative estimate of drug-likeness (QED) is 0.901. The molecule has 100 valence electrons. The van der Waals surface area contributed by atoms with Gasteiger partial charge in [0.05, 0.1) is 17.2 Å². The number of hydrogen-bond acceptors (Lipinski definition) is 4. The van der Waals surface area contributed by atoms with Crippen LogP contribution >= 0.6 is 0 Å². The molecule has 6 heteroatoms. The normalized spacial score (nSPS) is 24.0. The molecule has 0 saturated carbocycles. The van der Waals surface area contributed by atoms with E-state index >= 15 is 0 Å². The minimum absolute atomic E-state index is 0.107. The fourth-order valence-corrected chi connectivity index (χ4v) is 3.96. The molecule has 0 amide bonds. The Hall–Kier alpha value is -1.01. The summed E-state index contributed by atoms with van der Waals surface area (Å²) in [5.74, 6) is -0.0930. The lowest BCUT2D eigenvalue weighted by molar-refractivity contribution is 0.533. The number of rotatable bonds is 4. The molecule has 1 aromatic rings. The van der Waals surface area contributed by atoms with Crippen LogP contribution in [0.15, 0.2) is 18.5 Å². The van der Waals surface area contributed by atoms with E-state index in [-0.39, 0.29) is 22.9 Å². The second kappa shape index (κ2) is 5.32. The van der Waals surface area contributed by atoms with E-state index in [0.717, 1.165) is 18.2 Å². The van der Waals surface area contributed by atoms with Crippen LogP contribution in [0.3, 0.4) is 0 Å². The maximum Gasteiger partial charge on any atom is 0.154 e. The summed E-state index contributed by atoms with van der Waals surface area (Å²) in [7, 11) is -2.93. The summed E-state index contributed by atoms with van der Waals surface area (Å²) < 4.78 is 36.3. The molecule has 0 aliphatic carbocycles. The number of nitrogens with one attached hydrogen (secondary N) is 1. The van der Waals surface area contributed by atoms with Crippen LogP contribution in [0.1, 0.15) is 31.4 Å². The van der Waals surface area contributed by atoms with Crippen LogP contribution in [0.5, 0.6) is 0 Å². The second-order valence-corrected chi connectivity index (χ2v) is 7.10. The Balaban J connectivity index is 1.94. The van der Waals surface area contributed by atoms with Crippen molar-refractivity contribution in [1.82, 2.24) is 10.3 Å². The molecular weight excluding hydrogens is 255 g/mol. The third-order valence-corrected chi connectivity index (χ3v) is 5.62. The summed E-state index contributed by atoms with van der Waals surface area (Å²) >= 11 is 0. The predicted octanol–water partition coefficient (Wildman–Crippen LogP) is 1.45. The largest absolute Gasteiger partial charge is 0.309 e. The number of halogens is 1. The molecule has 0 aromatic carbocycles. The van der Waals surface area contributed by atoms with E-state index in [1.807, 2.05) is 6.92 Å². The summed E-state index contributed by atoms with van der Waals surface area (Å²) in [6.07, 6.45) is 4.19. The highest BCUT2D eigenvalue weighted by Crippen LogP contribution is 2.20. The van der Waals surface area contributed by atoms with Crippen molar-refractivity contribution < 1.29 is 12.8 Å². The first-order valence-electron chi connectivity index (χ1n) is 6.04. The molecule has 0 bridgehead atoms. The predicted molar refractivity (Wildman–Crippen MR) is 67.4 cm³/mol. The van der Waals surface area contributed by atoms with Crippen LogP contribution in [0, 0.1) is 5.82 Å². The van der Waals surface area contributed by atoms with E-state index in [1.165, 1.54) is 6.07 Å². The Morgan fingerprint density at radius 3 is 2.94 bits per heavy atom. The summed E-state index contributed by atoms with van der Waals surface area (Å²) in [5.41, 5.74) is 0.727. The Morgan fingerprint density at radius 1 is 1.56 bits per heavy atom. The molecule has 2 heterocycles. The average Bonchev–Trinajstić information content (AvgIpc) is 2.65. The Bertz CT molecular complexity index is 519.